The minimum absolute atomic E-state index is 0.229. The number of benzene rings is 1. The number of rotatable bonds is 9. The molecule has 0 heterocycles. The van der Waals surface area contributed by atoms with Gasteiger partial charge in [0.15, 0.2) is 0 Å². The van der Waals surface area contributed by atoms with Crippen molar-refractivity contribution in [2.45, 2.75) is 39.5 Å². The highest BCUT2D eigenvalue weighted by atomic mass is 16.5. The Labute approximate surface area is 122 Å². The third-order valence-corrected chi connectivity index (χ3v) is 3.03. The third-order valence-electron chi connectivity index (χ3n) is 3.03. The molecule has 0 fully saturated rings. The molecule has 0 aliphatic carbocycles. The van der Waals surface area contributed by atoms with E-state index in [9.17, 15) is 4.79 Å². The first-order valence-electron chi connectivity index (χ1n) is 7.09. The fraction of sp³-hybridized carbons (Fsp3) is 0.389. The van der Waals surface area contributed by atoms with Gasteiger partial charge in [0.25, 0.3) is 0 Å². The number of hydrogen-bond donors (Lipinski definition) is 0. The molecule has 108 valence electrons. The van der Waals surface area contributed by atoms with E-state index in [1.165, 1.54) is 11.1 Å². The molecule has 20 heavy (non-hydrogen) atoms. The Morgan fingerprint density at radius 2 is 1.95 bits per heavy atom. The van der Waals surface area contributed by atoms with Gasteiger partial charge in [-0.1, -0.05) is 29.9 Å². The fourth-order valence-electron chi connectivity index (χ4n) is 1.87. The van der Waals surface area contributed by atoms with Crippen molar-refractivity contribution in [3.63, 3.8) is 0 Å². The molecule has 1 aromatic rings. The normalized spacial score (nSPS) is 11.2. The highest BCUT2D eigenvalue weighted by Crippen LogP contribution is 2.14. The smallest absolute Gasteiger partial charge is 0.130 e. The molecule has 1 aromatic carbocycles. The molecule has 0 unspecified atom stereocenters. The minimum Gasteiger partial charge on any atom is -0.493 e. The molecule has 0 aliphatic heterocycles. The van der Waals surface area contributed by atoms with E-state index >= 15 is 0 Å². The summed E-state index contributed by atoms with van der Waals surface area (Å²) in [5.74, 6) is 1.11. The Morgan fingerprint density at radius 3 is 2.55 bits per heavy atom. The van der Waals surface area contributed by atoms with Crippen molar-refractivity contribution in [3.05, 3.63) is 54.1 Å². The van der Waals surface area contributed by atoms with Crippen molar-refractivity contribution in [2.24, 2.45) is 0 Å². The lowest BCUT2D eigenvalue weighted by Crippen LogP contribution is -1.97. The van der Waals surface area contributed by atoms with E-state index in [1.807, 2.05) is 30.3 Å². The van der Waals surface area contributed by atoms with Crippen molar-refractivity contribution in [1.29, 1.82) is 0 Å². The molecule has 0 radical (unpaired) electrons. The number of carbonyl (C=O) groups is 1. The zero-order valence-electron chi connectivity index (χ0n) is 12.5. The first kappa shape index (κ1) is 16.2. The average Bonchev–Trinajstić information content (AvgIpc) is 2.43. The molecular weight excluding hydrogens is 248 g/mol. The van der Waals surface area contributed by atoms with Crippen LogP contribution in [0, 0.1) is 0 Å². The van der Waals surface area contributed by atoms with E-state index in [4.69, 9.17) is 4.74 Å². The molecule has 0 aliphatic rings. The molecule has 1 rings (SSSR count). The number of ether oxygens (including phenoxy) is 1. The summed E-state index contributed by atoms with van der Waals surface area (Å²) in [5.41, 5.74) is 2.50. The maximum atomic E-state index is 10.9. The van der Waals surface area contributed by atoms with E-state index in [2.05, 4.69) is 19.6 Å². The van der Waals surface area contributed by atoms with Crippen LogP contribution in [0.2, 0.25) is 0 Å². The SMILES string of the molecule is C=CCC(C)=CCCOc1ccc(CCC(C)=O)cc1. The Bertz CT molecular complexity index is 455. The average molecular weight is 272 g/mol. The largest absolute Gasteiger partial charge is 0.493 e. The summed E-state index contributed by atoms with van der Waals surface area (Å²) in [6.07, 6.45) is 7.35. The van der Waals surface area contributed by atoms with Gasteiger partial charge in [-0.05, 0) is 50.8 Å². The quantitative estimate of drug-likeness (QED) is 0.488. The van der Waals surface area contributed by atoms with Crippen LogP contribution in [0.3, 0.4) is 0 Å². The summed E-state index contributed by atoms with van der Waals surface area (Å²) in [6.45, 7) is 8.13. The van der Waals surface area contributed by atoms with Gasteiger partial charge in [-0.3, -0.25) is 0 Å². The molecule has 2 nitrogen and oxygen atoms in total. The Morgan fingerprint density at radius 1 is 1.25 bits per heavy atom. The van der Waals surface area contributed by atoms with Crippen LogP contribution in [-0.2, 0) is 11.2 Å². The molecule has 0 bridgehead atoms. The lowest BCUT2D eigenvalue weighted by Gasteiger charge is -2.06. The van der Waals surface area contributed by atoms with Gasteiger partial charge < -0.3 is 9.53 Å². The van der Waals surface area contributed by atoms with Gasteiger partial charge in [0.05, 0.1) is 6.61 Å². The number of Topliss-reactive ketones (excluding diaryl/α,β-unsaturated/α-hetero) is 1. The number of allylic oxidation sites excluding steroid dienone is 2. The predicted molar refractivity (Wildman–Crippen MR) is 84.1 cm³/mol. The Balaban J connectivity index is 2.32. The van der Waals surface area contributed by atoms with Crippen molar-refractivity contribution in [2.75, 3.05) is 6.61 Å². The summed E-state index contributed by atoms with van der Waals surface area (Å²) in [5, 5.41) is 0. The Hall–Kier alpha value is -1.83. The maximum Gasteiger partial charge on any atom is 0.130 e. The van der Waals surface area contributed by atoms with Gasteiger partial charge in [-0.2, -0.15) is 0 Å². The standard InChI is InChI=1S/C18H24O2/c1-4-6-15(2)7-5-14-20-18-12-10-17(11-13-18)9-8-16(3)19/h4,7,10-13H,1,5-6,8-9,14H2,2-3H3. The second kappa shape index (κ2) is 9.13. The highest BCUT2D eigenvalue weighted by Gasteiger charge is 1.98. The second-order valence-corrected chi connectivity index (χ2v) is 5.03. The van der Waals surface area contributed by atoms with Crippen molar-refractivity contribution in [3.8, 4) is 5.75 Å². The van der Waals surface area contributed by atoms with Crippen LogP contribution in [0.1, 0.15) is 38.7 Å². The third kappa shape index (κ3) is 6.93. The molecule has 0 atom stereocenters. The summed E-state index contributed by atoms with van der Waals surface area (Å²) in [4.78, 5) is 10.9. The van der Waals surface area contributed by atoms with E-state index < -0.39 is 0 Å². The number of carbonyl (C=O) groups excluding carboxylic acids is 1. The van der Waals surface area contributed by atoms with E-state index in [0.29, 0.717) is 13.0 Å². The van der Waals surface area contributed by atoms with Crippen LogP contribution in [0.25, 0.3) is 0 Å². The molecule has 0 saturated heterocycles. The van der Waals surface area contributed by atoms with Gasteiger partial charge in [-0.25, -0.2) is 0 Å². The van der Waals surface area contributed by atoms with Gasteiger partial charge in [0, 0.05) is 6.42 Å². The van der Waals surface area contributed by atoms with Crippen molar-refractivity contribution >= 4 is 5.78 Å². The molecule has 2 heteroatoms. The maximum absolute atomic E-state index is 10.9. The van der Waals surface area contributed by atoms with Crippen LogP contribution in [0.4, 0.5) is 0 Å². The zero-order valence-corrected chi connectivity index (χ0v) is 12.5. The van der Waals surface area contributed by atoms with Gasteiger partial charge >= 0.3 is 0 Å². The lowest BCUT2D eigenvalue weighted by molar-refractivity contribution is -0.116. The van der Waals surface area contributed by atoms with E-state index in [1.54, 1.807) is 6.92 Å². The highest BCUT2D eigenvalue weighted by molar-refractivity contribution is 5.75. The van der Waals surface area contributed by atoms with Crippen molar-refractivity contribution in [1.82, 2.24) is 0 Å². The molecule has 0 aromatic heterocycles. The number of aryl methyl sites for hydroxylation is 1. The predicted octanol–water partition coefficient (Wildman–Crippen LogP) is 4.50. The van der Waals surface area contributed by atoms with Crippen molar-refractivity contribution < 1.29 is 9.53 Å². The summed E-state index contributed by atoms with van der Waals surface area (Å²) in [6, 6.07) is 7.99. The minimum atomic E-state index is 0.229. The molecule has 0 spiro atoms. The zero-order chi connectivity index (χ0) is 14.8. The first-order chi connectivity index (χ1) is 9.61. The molecule has 0 N–H and O–H groups in total. The van der Waals surface area contributed by atoms with E-state index in [-0.39, 0.29) is 5.78 Å². The summed E-state index contributed by atoms with van der Waals surface area (Å²) < 4.78 is 5.68. The van der Waals surface area contributed by atoms with Gasteiger partial charge in [0.2, 0.25) is 0 Å². The summed E-state index contributed by atoms with van der Waals surface area (Å²) in [7, 11) is 0. The lowest BCUT2D eigenvalue weighted by atomic mass is 10.1. The topological polar surface area (TPSA) is 26.3 Å². The monoisotopic (exact) mass is 272 g/mol. The van der Waals surface area contributed by atoms with Crippen LogP contribution < -0.4 is 4.74 Å². The van der Waals surface area contributed by atoms with E-state index in [0.717, 1.165) is 25.0 Å². The van der Waals surface area contributed by atoms with Crippen LogP contribution in [0.5, 0.6) is 5.75 Å². The van der Waals surface area contributed by atoms with Gasteiger partial charge in [0.1, 0.15) is 11.5 Å². The fourth-order valence-corrected chi connectivity index (χ4v) is 1.87. The number of hydrogen-bond acceptors (Lipinski definition) is 2. The van der Waals surface area contributed by atoms with Crippen LogP contribution in [-0.4, -0.2) is 12.4 Å². The van der Waals surface area contributed by atoms with Gasteiger partial charge in [-0.15, -0.1) is 6.58 Å². The molecular formula is C18H24O2. The second-order valence-electron chi connectivity index (χ2n) is 5.03. The van der Waals surface area contributed by atoms with Crippen LogP contribution >= 0.6 is 0 Å². The first-order valence-corrected chi connectivity index (χ1v) is 7.09. The Kier molecular flexibility index (Phi) is 7.41. The molecule has 0 amide bonds. The number of ketones is 1. The summed E-state index contributed by atoms with van der Waals surface area (Å²) >= 11 is 0. The molecule has 0 saturated carbocycles. The van der Waals surface area contributed by atoms with Crippen LogP contribution in [0.15, 0.2) is 48.6 Å².